The summed E-state index contributed by atoms with van der Waals surface area (Å²) in [6.07, 6.45) is 1.39. The lowest BCUT2D eigenvalue weighted by Crippen LogP contribution is -2.02. The van der Waals surface area contributed by atoms with Gasteiger partial charge in [0, 0.05) is 13.1 Å². The molecule has 104 valence electrons. The van der Waals surface area contributed by atoms with E-state index in [0.29, 0.717) is 0 Å². The first-order valence-electron chi connectivity index (χ1n) is 5.44. The summed E-state index contributed by atoms with van der Waals surface area (Å²) in [5, 5.41) is 23.8. The first-order valence-corrected chi connectivity index (χ1v) is 5.44. The van der Waals surface area contributed by atoms with E-state index >= 15 is 0 Å². The molecule has 0 fully saturated rings. The smallest absolute Gasteiger partial charge is 0.340 e. The Bertz CT molecular complexity index is 694. The molecule has 9 nitrogen and oxygen atoms in total. The maximum atomic E-state index is 11.0. The van der Waals surface area contributed by atoms with Crippen LogP contribution < -0.4 is 4.74 Å². The van der Waals surface area contributed by atoms with Gasteiger partial charge in [-0.15, -0.1) is 5.10 Å². The minimum absolute atomic E-state index is 0.0209. The van der Waals surface area contributed by atoms with Crippen molar-refractivity contribution < 1.29 is 19.6 Å². The average Bonchev–Trinajstić information content (AvgIpc) is 2.76. The van der Waals surface area contributed by atoms with E-state index in [1.165, 1.54) is 24.0 Å². The summed E-state index contributed by atoms with van der Waals surface area (Å²) in [5.41, 5.74) is -0.378. The molecule has 0 aliphatic rings. The van der Waals surface area contributed by atoms with E-state index < -0.39 is 10.9 Å². The van der Waals surface area contributed by atoms with Crippen LogP contribution in [0.4, 0.5) is 5.69 Å². The van der Waals surface area contributed by atoms with Gasteiger partial charge in [0.05, 0.1) is 16.1 Å². The predicted molar refractivity (Wildman–Crippen MR) is 65.9 cm³/mol. The molecule has 1 aromatic carbocycles. The molecule has 2 rings (SSSR count). The Kier molecular flexibility index (Phi) is 3.34. The molecule has 0 saturated heterocycles. The predicted octanol–water partition coefficient (Wildman–Crippen LogP) is 1.52. The largest absolute Gasteiger partial charge is 0.478 e. The fourth-order valence-electron chi connectivity index (χ4n) is 1.56. The van der Waals surface area contributed by atoms with Crippen LogP contribution in [0.15, 0.2) is 18.5 Å². The number of carboxylic acid groups (broad SMARTS) is 1. The molecule has 1 heterocycles. The third-order valence-electron chi connectivity index (χ3n) is 2.56. The van der Waals surface area contributed by atoms with Gasteiger partial charge in [-0.05, 0) is 13.0 Å². The molecule has 1 N–H and O–H groups in total. The van der Waals surface area contributed by atoms with Crippen molar-refractivity contribution in [1.29, 1.82) is 0 Å². The number of ether oxygens (including phenoxy) is 1. The molecule has 0 radical (unpaired) electrons. The number of hydrogen-bond donors (Lipinski definition) is 1. The number of nitrogens with zero attached hydrogens (tertiary/aromatic N) is 4. The summed E-state index contributed by atoms with van der Waals surface area (Å²) in [6.45, 7) is 1.46. The van der Waals surface area contributed by atoms with Crippen LogP contribution in [0.5, 0.6) is 11.8 Å². The maximum Gasteiger partial charge on any atom is 0.340 e. The normalized spacial score (nSPS) is 10.3. The second kappa shape index (κ2) is 4.96. The highest BCUT2D eigenvalue weighted by atomic mass is 16.6. The number of carbonyl (C=O) groups is 1. The summed E-state index contributed by atoms with van der Waals surface area (Å²) < 4.78 is 6.69. The van der Waals surface area contributed by atoms with Crippen molar-refractivity contribution in [2.75, 3.05) is 0 Å². The van der Waals surface area contributed by atoms with E-state index in [1.54, 1.807) is 7.05 Å². The molecule has 0 amide bonds. The number of nitro groups is 1. The van der Waals surface area contributed by atoms with Crippen molar-refractivity contribution in [1.82, 2.24) is 14.8 Å². The minimum atomic E-state index is -1.29. The van der Waals surface area contributed by atoms with Crippen molar-refractivity contribution >= 4 is 11.7 Å². The minimum Gasteiger partial charge on any atom is -0.478 e. The molecule has 0 aliphatic carbocycles. The molecule has 0 atom stereocenters. The first kappa shape index (κ1) is 13.5. The fraction of sp³-hybridized carbons (Fsp3) is 0.182. The van der Waals surface area contributed by atoms with Gasteiger partial charge in [0.15, 0.2) is 0 Å². The molecule has 20 heavy (non-hydrogen) atoms. The SMILES string of the molecule is Cc1c(Oc2ncn(C)n2)cc(C(=O)O)cc1[N+](=O)[O-]. The molecule has 0 saturated carbocycles. The topological polar surface area (TPSA) is 120 Å². The number of aromatic nitrogens is 3. The zero-order chi connectivity index (χ0) is 14.9. The molecule has 0 unspecified atom stereocenters. The number of hydrogen-bond acceptors (Lipinski definition) is 6. The summed E-state index contributed by atoms with van der Waals surface area (Å²) in [6, 6.07) is 2.16. The molecule has 2 aromatic rings. The lowest BCUT2D eigenvalue weighted by atomic mass is 10.1. The highest BCUT2D eigenvalue weighted by molar-refractivity contribution is 5.89. The van der Waals surface area contributed by atoms with Gasteiger partial charge in [-0.1, -0.05) is 0 Å². The summed E-state index contributed by atoms with van der Waals surface area (Å²) in [7, 11) is 1.63. The van der Waals surface area contributed by atoms with Crippen LogP contribution >= 0.6 is 0 Å². The highest BCUT2D eigenvalue weighted by Crippen LogP contribution is 2.31. The molecule has 0 bridgehead atoms. The third kappa shape index (κ3) is 2.55. The quantitative estimate of drug-likeness (QED) is 0.664. The lowest BCUT2D eigenvalue weighted by molar-refractivity contribution is -0.385. The van der Waals surface area contributed by atoms with Crippen molar-refractivity contribution in [2.24, 2.45) is 7.05 Å². The Balaban J connectivity index is 2.50. The van der Waals surface area contributed by atoms with Crippen LogP contribution in [-0.2, 0) is 7.05 Å². The molecule has 9 heteroatoms. The van der Waals surface area contributed by atoms with Crippen LogP contribution in [-0.4, -0.2) is 30.8 Å². The molecule has 0 aliphatic heterocycles. The van der Waals surface area contributed by atoms with Gasteiger partial charge in [0.2, 0.25) is 0 Å². The second-order valence-electron chi connectivity index (χ2n) is 3.98. The van der Waals surface area contributed by atoms with Crippen molar-refractivity contribution in [3.05, 3.63) is 39.7 Å². The number of aromatic carboxylic acids is 1. The van der Waals surface area contributed by atoms with E-state index in [0.717, 1.165) is 6.07 Å². The van der Waals surface area contributed by atoms with Crippen molar-refractivity contribution in [3.8, 4) is 11.8 Å². The Morgan fingerprint density at radius 3 is 2.70 bits per heavy atom. The third-order valence-corrected chi connectivity index (χ3v) is 2.56. The van der Waals surface area contributed by atoms with Gasteiger partial charge < -0.3 is 9.84 Å². The van der Waals surface area contributed by atoms with E-state index in [4.69, 9.17) is 9.84 Å². The zero-order valence-corrected chi connectivity index (χ0v) is 10.6. The zero-order valence-electron chi connectivity index (χ0n) is 10.6. The highest BCUT2D eigenvalue weighted by Gasteiger charge is 2.21. The number of nitro benzene ring substituents is 1. The summed E-state index contributed by atoms with van der Waals surface area (Å²) in [5.74, 6) is -1.25. The fourth-order valence-corrected chi connectivity index (χ4v) is 1.56. The summed E-state index contributed by atoms with van der Waals surface area (Å²) >= 11 is 0. The first-order chi connectivity index (χ1) is 9.38. The Hall–Kier alpha value is -2.97. The standard InChI is InChI=1S/C11H10N4O5/c1-6-8(15(18)19)3-7(10(16)17)4-9(6)20-11-12-5-14(2)13-11/h3-5H,1-2H3,(H,16,17). The summed E-state index contributed by atoms with van der Waals surface area (Å²) in [4.78, 5) is 25.1. The van der Waals surface area contributed by atoms with Gasteiger partial charge in [0.1, 0.15) is 12.1 Å². The van der Waals surface area contributed by atoms with E-state index in [-0.39, 0.29) is 28.6 Å². The molecular weight excluding hydrogens is 268 g/mol. The molecular formula is C11H10N4O5. The van der Waals surface area contributed by atoms with Crippen LogP contribution in [0.2, 0.25) is 0 Å². The molecule has 0 spiro atoms. The van der Waals surface area contributed by atoms with E-state index in [1.807, 2.05) is 0 Å². The van der Waals surface area contributed by atoms with Gasteiger partial charge in [0.25, 0.3) is 5.69 Å². The van der Waals surface area contributed by atoms with Crippen LogP contribution in [0.1, 0.15) is 15.9 Å². The van der Waals surface area contributed by atoms with Crippen LogP contribution in [0.25, 0.3) is 0 Å². The van der Waals surface area contributed by atoms with Crippen molar-refractivity contribution in [2.45, 2.75) is 6.92 Å². The molecule has 1 aromatic heterocycles. The Labute approximate surface area is 112 Å². The average molecular weight is 278 g/mol. The monoisotopic (exact) mass is 278 g/mol. The number of aryl methyl sites for hydroxylation is 1. The van der Waals surface area contributed by atoms with Gasteiger partial charge >= 0.3 is 12.0 Å². The van der Waals surface area contributed by atoms with Gasteiger partial charge in [-0.3, -0.25) is 14.8 Å². The Morgan fingerprint density at radius 1 is 1.50 bits per heavy atom. The maximum absolute atomic E-state index is 11.0. The Morgan fingerprint density at radius 2 is 2.20 bits per heavy atom. The number of benzene rings is 1. The van der Waals surface area contributed by atoms with Crippen molar-refractivity contribution in [3.63, 3.8) is 0 Å². The van der Waals surface area contributed by atoms with E-state index in [9.17, 15) is 14.9 Å². The lowest BCUT2D eigenvalue weighted by Gasteiger charge is -2.07. The van der Waals surface area contributed by atoms with E-state index in [2.05, 4.69) is 10.1 Å². The van der Waals surface area contributed by atoms with Crippen LogP contribution in [0, 0.1) is 17.0 Å². The van der Waals surface area contributed by atoms with Gasteiger partial charge in [-0.2, -0.15) is 4.98 Å². The second-order valence-corrected chi connectivity index (χ2v) is 3.98. The number of rotatable bonds is 4. The number of carboxylic acids is 1. The van der Waals surface area contributed by atoms with Gasteiger partial charge in [-0.25, -0.2) is 4.79 Å². The van der Waals surface area contributed by atoms with Crippen LogP contribution in [0.3, 0.4) is 0 Å².